The Bertz CT molecular complexity index is 200. The second-order valence-electron chi connectivity index (χ2n) is 4.20. The van der Waals surface area contributed by atoms with Crippen molar-refractivity contribution >= 4 is 5.97 Å². The summed E-state index contributed by atoms with van der Waals surface area (Å²) in [6, 6.07) is 0. The van der Waals surface area contributed by atoms with Gasteiger partial charge in [0.05, 0.1) is 12.5 Å². The zero-order chi connectivity index (χ0) is 10.7. The Balaban J connectivity index is 0.000000461. The Labute approximate surface area is 87.0 Å². The molecule has 1 heterocycles. The second-order valence-corrected chi connectivity index (χ2v) is 4.20. The number of fused-ring (bicyclic) bond motifs is 1. The molecule has 0 bridgehead atoms. The zero-order valence-electron chi connectivity index (χ0n) is 9.75. The lowest BCUT2D eigenvalue weighted by Gasteiger charge is -2.12. The minimum atomic E-state index is 0.0588. The van der Waals surface area contributed by atoms with E-state index in [4.69, 9.17) is 4.74 Å². The van der Waals surface area contributed by atoms with Crippen molar-refractivity contribution in [3.8, 4) is 0 Å². The van der Waals surface area contributed by atoms with E-state index in [1.165, 1.54) is 12.8 Å². The van der Waals surface area contributed by atoms with Crippen LogP contribution in [-0.4, -0.2) is 12.6 Å². The highest BCUT2D eigenvalue weighted by molar-refractivity contribution is 5.75. The van der Waals surface area contributed by atoms with E-state index in [9.17, 15) is 4.79 Å². The average molecular weight is 198 g/mol. The van der Waals surface area contributed by atoms with E-state index < -0.39 is 0 Å². The molecule has 82 valence electrons. The molecule has 0 aromatic carbocycles. The summed E-state index contributed by atoms with van der Waals surface area (Å²) in [5.41, 5.74) is 0. The highest BCUT2D eigenvalue weighted by Gasteiger charge is 2.49. The molecule has 0 amide bonds. The molecule has 4 atom stereocenters. The van der Waals surface area contributed by atoms with Crippen molar-refractivity contribution < 1.29 is 9.53 Å². The predicted octanol–water partition coefficient (Wildman–Crippen LogP) is 2.87. The maximum Gasteiger partial charge on any atom is 0.309 e. The van der Waals surface area contributed by atoms with Gasteiger partial charge >= 0.3 is 5.97 Å². The first kappa shape index (κ1) is 11.5. The molecule has 0 N–H and O–H groups in total. The smallest absolute Gasteiger partial charge is 0.309 e. The highest BCUT2D eigenvalue weighted by Crippen LogP contribution is 2.46. The van der Waals surface area contributed by atoms with Crippen LogP contribution in [0.3, 0.4) is 0 Å². The van der Waals surface area contributed by atoms with Crippen LogP contribution in [0.25, 0.3) is 0 Å². The van der Waals surface area contributed by atoms with Crippen molar-refractivity contribution in [2.24, 2.45) is 23.7 Å². The van der Waals surface area contributed by atoms with Crippen molar-refractivity contribution in [2.75, 3.05) is 6.61 Å². The molecular weight excluding hydrogens is 176 g/mol. The third-order valence-electron chi connectivity index (χ3n) is 3.57. The second kappa shape index (κ2) is 4.81. The van der Waals surface area contributed by atoms with E-state index >= 15 is 0 Å². The number of carbonyl (C=O) groups is 1. The van der Waals surface area contributed by atoms with Gasteiger partial charge in [-0.3, -0.25) is 4.79 Å². The molecule has 0 spiro atoms. The van der Waals surface area contributed by atoms with Gasteiger partial charge in [0.1, 0.15) is 0 Å². The van der Waals surface area contributed by atoms with Gasteiger partial charge in [-0.05, 0) is 18.3 Å². The third kappa shape index (κ3) is 1.79. The van der Waals surface area contributed by atoms with Gasteiger partial charge in [0.25, 0.3) is 0 Å². The van der Waals surface area contributed by atoms with Crippen LogP contribution in [0.2, 0.25) is 0 Å². The Morgan fingerprint density at radius 1 is 1.43 bits per heavy atom. The van der Waals surface area contributed by atoms with Crippen molar-refractivity contribution in [3.05, 3.63) is 0 Å². The fraction of sp³-hybridized carbons (Fsp3) is 0.917. The highest BCUT2D eigenvalue weighted by atomic mass is 16.5. The van der Waals surface area contributed by atoms with E-state index in [-0.39, 0.29) is 11.9 Å². The van der Waals surface area contributed by atoms with Gasteiger partial charge in [0.2, 0.25) is 0 Å². The van der Waals surface area contributed by atoms with Crippen LogP contribution in [-0.2, 0) is 9.53 Å². The molecule has 2 fully saturated rings. The molecular formula is C12H22O2. The van der Waals surface area contributed by atoms with Gasteiger partial charge in [0, 0.05) is 5.92 Å². The molecule has 2 heteroatoms. The molecule has 2 aliphatic rings. The van der Waals surface area contributed by atoms with Crippen LogP contribution in [0.5, 0.6) is 0 Å². The van der Waals surface area contributed by atoms with Gasteiger partial charge in [0.15, 0.2) is 0 Å². The lowest BCUT2D eigenvalue weighted by molar-refractivity contribution is -0.142. The van der Waals surface area contributed by atoms with Crippen LogP contribution in [0.1, 0.15) is 40.5 Å². The largest absolute Gasteiger partial charge is 0.465 e. The van der Waals surface area contributed by atoms with Gasteiger partial charge in [-0.25, -0.2) is 0 Å². The number of hydrogen-bond donors (Lipinski definition) is 0. The summed E-state index contributed by atoms with van der Waals surface area (Å²) in [5, 5.41) is 0. The van der Waals surface area contributed by atoms with Crippen LogP contribution >= 0.6 is 0 Å². The van der Waals surface area contributed by atoms with Gasteiger partial charge in [-0.1, -0.05) is 34.1 Å². The number of hydrogen-bond acceptors (Lipinski definition) is 2. The Morgan fingerprint density at radius 2 is 2.07 bits per heavy atom. The zero-order valence-corrected chi connectivity index (χ0v) is 9.75. The molecule has 1 aliphatic carbocycles. The number of carbonyl (C=O) groups excluding carboxylic acids is 1. The van der Waals surface area contributed by atoms with Crippen LogP contribution in [0.4, 0.5) is 0 Å². The number of ether oxygens (including phenoxy) is 1. The molecule has 0 radical (unpaired) electrons. The summed E-state index contributed by atoms with van der Waals surface area (Å²) in [6.45, 7) is 9.08. The lowest BCUT2D eigenvalue weighted by Crippen LogP contribution is -2.17. The van der Waals surface area contributed by atoms with Crippen molar-refractivity contribution in [2.45, 2.75) is 40.5 Å². The first-order chi connectivity index (χ1) is 6.74. The van der Waals surface area contributed by atoms with Gasteiger partial charge in [-0.15, -0.1) is 0 Å². The Morgan fingerprint density at radius 3 is 2.64 bits per heavy atom. The Kier molecular flexibility index (Phi) is 3.97. The minimum Gasteiger partial charge on any atom is -0.465 e. The summed E-state index contributed by atoms with van der Waals surface area (Å²) in [5.74, 6) is 2.11. The number of rotatable bonds is 1. The molecule has 2 nitrogen and oxygen atoms in total. The maximum absolute atomic E-state index is 11.3. The van der Waals surface area contributed by atoms with E-state index in [2.05, 4.69) is 13.8 Å². The van der Waals surface area contributed by atoms with Crippen molar-refractivity contribution in [1.82, 2.24) is 0 Å². The maximum atomic E-state index is 11.3. The lowest BCUT2D eigenvalue weighted by atomic mass is 9.89. The van der Waals surface area contributed by atoms with Crippen LogP contribution in [0, 0.1) is 23.7 Å². The quantitative estimate of drug-likeness (QED) is 0.606. The van der Waals surface area contributed by atoms with E-state index in [0.29, 0.717) is 18.4 Å². The summed E-state index contributed by atoms with van der Waals surface area (Å²) in [4.78, 5) is 11.3. The monoisotopic (exact) mass is 198 g/mol. The molecule has 4 unspecified atom stereocenters. The SMILES string of the molecule is CC.CCC1CC(C)C2C(=O)OCC12. The summed E-state index contributed by atoms with van der Waals surface area (Å²) in [6.07, 6.45) is 2.42. The average Bonchev–Trinajstić information content (AvgIpc) is 2.73. The molecule has 1 aliphatic heterocycles. The van der Waals surface area contributed by atoms with E-state index in [0.717, 1.165) is 5.92 Å². The molecule has 1 saturated carbocycles. The third-order valence-corrected chi connectivity index (χ3v) is 3.57. The van der Waals surface area contributed by atoms with Gasteiger partial charge in [-0.2, -0.15) is 0 Å². The topological polar surface area (TPSA) is 26.3 Å². The summed E-state index contributed by atoms with van der Waals surface area (Å²) < 4.78 is 5.08. The van der Waals surface area contributed by atoms with E-state index in [1.54, 1.807) is 0 Å². The summed E-state index contributed by atoms with van der Waals surface area (Å²) >= 11 is 0. The minimum absolute atomic E-state index is 0.0588. The Hall–Kier alpha value is -0.530. The number of esters is 1. The fourth-order valence-corrected chi connectivity index (χ4v) is 2.90. The fourth-order valence-electron chi connectivity index (χ4n) is 2.90. The molecule has 2 rings (SSSR count). The molecule has 0 aromatic heterocycles. The van der Waals surface area contributed by atoms with Crippen LogP contribution < -0.4 is 0 Å². The van der Waals surface area contributed by atoms with Crippen molar-refractivity contribution in [1.29, 1.82) is 0 Å². The van der Waals surface area contributed by atoms with Crippen LogP contribution in [0.15, 0.2) is 0 Å². The molecule has 1 saturated heterocycles. The standard InChI is InChI=1S/C10H16O2.C2H6/c1-3-7-4-6(2)9-8(7)5-12-10(9)11;1-2/h6-9H,3-5H2,1-2H3;1-2H3. The first-order valence-electron chi connectivity index (χ1n) is 5.90. The molecule has 0 aromatic rings. The number of cyclic esters (lactones) is 1. The van der Waals surface area contributed by atoms with Crippen molar-refractivity contribution in [3.63, 3.8) is 0 Å². The normalized spacial score (nSPS) is 39.9. The van der Waals surface area contributed by atoms with Gasteiger partial charge < -0.3 is 4.74 Å². The first-order valence-corrected chi connectivity index (χ1v) is 5.90. The predicted molar refractivity (Wildman–Crippen MR) is 56.8 cm³/mol. The van der Waals surface area contributed by atoms with E-state index in [1.807, 2.05) is 13.8 Å². The summed E-state index contributed by atoms with van der Waals surface area (Å²) in [7, 11) is 0. The molecule has 14 heavy (non-hydrogen) atoms.